The number of hydrogen-bond acceptors (Lipinski definition) is 3. The van der Waals surface area contributed by atoms with Crippen LogP contribution in [0.2, 0.25) is 0 Å². The van der Waals surface area contributed by atoms with E-state index in [9.17, 15) is 13.0 Å². The summed E-state index contributed by atoms with van der Waals surface area (Å²) in [5, 5.41) is 0. The summed E-state index contributed by atoms with van der Waals surface area (Å²) < 4.78 is 34.3. The largest absolute Gasteiger partial charge is 0.294 e. The predicted octanol–water partition coefficient (Wildman–Crippen LogP) is 5.06. The number of rotatable bonds is 3. The third-order valence-electron chi connectivity index (χ3n) is 3.04. The Morgan fingerprint density at radius 3 is 2.40 bits per heavy atom. The molecule has 20 heavy (non-hydrogen) atoms. The van der Waals surface area contributed by atoms with Gasteiger partial charge in [-0.2, -0.15) is 8.42 Å². The molecule has 0 aliphatic rings. The lowest BCUT2D eigenvalue weighted by Gasteiger charge is -2.14. The number of thiophene rings is 1. The molecule has 7 heteroatoms. The van der Waals surface area contributed by atoms with Gasteiger partial charge in [-0.15, -0.1) is 11.3 Å². The molecule has 0 aliphatic heterocycles. The van der Waals surface area contributed by atoms with Crippen molar-refractivity contribution < 1.29 is 13.0 Å². The Kier molecular flexibility index (Phi) is 4.76. The van der Waals surface area contributed by atoms with E-state index in [-0.39, 0.29) is 4.90 Å². The summed E-state index contributed by atoms with van der Waals surface area (Å²) in [5.74, 6) is 0. The predicted molar refractivity (Wildman–Crippen MR) is 89.1 cm³/mol. The summed E-state index contributed by atoms with van der Waals surface area (Å²) in [7, 11) is -4.22. The molecule has 1 aromatic heterocycles. The lowest BCUT2D eigenvalue weighted by molar-refractivity contribution is 0.482. The molecule has 2 aromatic rings. The summed E-state index contributed by atoms with van der Waals surface area (Å²) in [6.07, 6.45) is 0.520. The average Bonchev–Trinajstić information content (AvgIpc) is 2.66. The van der Waals surface area contributed by atoms with Gasteiger partial charge in [0.1, 0.15) is 0 Å². The van der Waals surface area contributed by atoms with Gasteiger partial charge in [-0.1, -0.05) is 13.0 Å². The van der Waals surface area contributed by atoms with E-state index >= 15 is 0 Å². The van der Waals surface area contributed by atoms with Crippen molar-refractivity contribution in [2.45, 2.75) is 25.2 Å². The molecular weight excluding hydrogens is 428 g/mol. The highest BCUT2D eigenvalue weighted by Gasteiger charge is 2.21. The lowest BCUT2D eigenvalue weighted by atomic mass is 9.95. The van der Waals surface area contributed by atoms with Crippen LogP contribution in [0.4, 0.5) is 0 Å². The van der Waals surface area contributed by atoms with Gasteiger partial charge in [0.2, 0.25) is 0 Å². The first-order chi connectivity index (χ1) is 9.25. The van der Waals surface area contributed by atoms with Gasteiger partial charge in [-0.05, 0) is 74.0 Å². The van der Waals surface area contributed by atoms with Gasteiger partial charge in [0.15, 0.2) is 0 Å². The van der Waals surface area contributed by atoms with Crippen LogP contribution in [0.25, 0.3) is 11.1 Å². The summed E-state index contributed by atoms with van der Waals surface area (Å²) in [4.78, 5) is -0.0187. The highest BCUT2D eigenvalue weighted by atomic mass is 79.9. The quantitative estimate of drug-likeness (QED) is 0.680. The minimum absolute atomic E-state index is 0.0187. The fourth-order valence-electron chi connectivity index (χ4n) is 2.22. The first kappa shape index (κ1) is 16.2. The summed E-state index contributed by atoms with van der Waals surface area (Å²) in [6.45, 7) is 3.81. The van der Waals surface area contributed by atoms with Crippen molar-refractivity contribution in [1.29, 1.82) is 0 Å². The number of aryl methyl sites for hydroxylation is 1. The second-order valence-electron chi connectivity index (χ2n) is 4.30. The SMILES string of the molecule is CCc1c(S(=O)(=O)O)ccc(C)c1-c1cc(Br)sc1Br. The van der Waals surface area contributed by atoms with Gasteiger partial charge in [0, 0.05) is 5.56 Å². The van der Waals surface area contributed by atoms with Crippen LogP contribution in [-0.4, -0.2) is 13.0 Å². The Morgan fingerprint density at radius 2 is 1.95 bits per heavy atom. The van der Waals surface area contributed by atoms with Gasteiger partial charge >= 0.3 is 0 Å². The molecule has 1 heterocycles. The summed E-state index contributed by atoms with van der Waals surface area (Å²) >= 11 is 8.46. The molecule has 0 amide bonds. The minimum Gasteiger partial charge on any atom is -0.282 e. The van der Waals surface area contributed by atoms with Crippen molar-refractivity contribution in [3.05, 3.63) is 36.9 Å². The van der Waals surface area contributed by atoms with Crippen LogP contribution in [0.3, 0.4) is 0 Å². The van der Waals surface area contributed by atoms with E-state index in [0.29, 0.717) is 12.0 Å². The molecule has 1 N–H and O–H groups in total. The Hall–Kier alpha value is -0.210. The van der Waals surface area contributed by atoms with Gasteiger partial charge < -0.3 is 0 Å². The zero-order valence-electron chi connectivity index (χ0n) is 10.8. The topological polar surface area (TPSA) is 54.4 Å². The molecule has 0 saturated heterocycles. The average molecular weight is 440 g/mol. The van der Waals surface area contributed by atoms with Crippen molar-refractivity contribution in [1.82, 2.24) is 0 Å². The van der Waals surface area contributed by atoms with Crippen LogP contribution in [0.1, 0.15) is 18.1 Å². The van der Waals surface area contributed by atoms with Crippen LogP contribution in [0.5, 0.6) is 0 Å². The van der Waals surface area contributed by atoms with E-state index in [1.807, 2.05) is 19.9 Å². The van der Waals surface area contributed by atoms with Crippen molar-refractivity contribution in [2.24, 2.45) is 0 Å². The molecule has 0 radical (unpaired) electrons. The Morgan fingerprint density at radius 1 is 1.30 bits per heavy atom. The molecule has 108 valence electrons. The number of halogens is 2. The zero-order chi connectivity index (χ0) is 15.1. The maximum absolute atomic E-state index is 11.5. The van der Waals surface area contributed by atoms with Gasteiger partial charge in [0.25, 0.3) is 10.1 Å². The second-order valence-corrected chi connectivity index (χ2v) is 9.44. The fourth-order valence-corrected chi connectivity index (χ4v) is 5.84. The Labute approximate surface area is 139 Å². The zero-order valence-corrected chi connectivity index (χ0v) is 15.6. The molecule has 0 fully saturated rings. The third-order valence-corrected chi connectivity index (χ3v) is 6.31. The molecule has 2 rings (SSSR count). The van der Waals surface area contributed by atoms with E-state index in [2.05, 4.69) is 31.9 Å². The van der Waals surface area contributed by atoms with E-state index < -0.39 is 10.1 Å². The van der Waals surface area contributed by atoms with Crippen molar-refractivity contribution in [3.63, 3.8) is 0 Å². The van der Waals surface area contributed by atoms with Crippen molar-refractivity contribution in [3.8, 4) is 11.1 Å². The monoisotopic (exact) mass is 438 g/mol. The molecule has 0 aliphatic carbocycles. The maximum atomic E-state index is 11.5. The second kappa shape index (κ2) is 5.88. The molecule has 0 saturated carbocycles. The van der Waals surface area contributed by atoms with Crippen molar-refractivity contribution in [2.75, 3.05) is 0 Å². The molecule has 3 nitrogen and oxygen atoms in total. The van der Waals surface area contributed by atoms with E-state index in [1.165, 1.54) is 17.4 Å². The van der Waals surface area contributed by atoms with E-state index in [4.69, 9.17) is 0 Å². The van der Waals surface area contributed by atoms with Crippen LogP contribution < -0.4 is 0 Å². The van der Waals surface area contributed by atoms with Gasteiger partial charge in [-0.25, -0.2) is 0 Å². The normalized spacial score (nSPS) is 11.8. The highest BCUT2D eigenvalue weighted by Crippen LogP contribution is 2.42. The Bertz CT molecular complexity index is 764. The van der Waals surface area contributed by atoms with Crippen LogP contribution in [-0.2, 0) is 16.5 Å². The molecule has 0 atom stereocenters. The van der Waals surface area contributed by atoms with Crippen LogP contribution in [0, 0.1) is 6.92 Å². The van der Waals surface area contributed by atoms with Gasteiger partial charge in [0.05, 0.1) is 12.5 Å². The third kappa shape index (κ3) is 3.01. The Balaban J connectivity index is 2.85. The molecule has 0 spiro atoms. The standard InChI is InChI=1S/C13H12Br2O3S2/c1-3-8-10(20(16,17)18)5-4-7(2)12(8)9-6-11(14)19-13(9)15/h4-6H,3H2,1-2H3,(H,16,17,18). The highest BCUT2D eigenvalue weighted by molar-refractivity contribution is 9.12. The number of hydrogen-bond donors (Lipinski definition) is 1. The smallest absolute Gasteiger partial charge is 0.282 e. The van der Waals surface area contributed by atoms with Crippen LogP contribution >= 0.6 is 43.2 Å². The fraction of sp³-hybridized carbons (Fsp3) is 0.231. The molecule has 0 bridgehead atoms. The molecule has 0 unspecified atom stereocenters. The minimum atomic E-state index is -4.22. The van der Waals surface area contributed by atoms with Gasteiger partial charge in [-0.3, -0.25) is 4.55 Å². The lowest BCUT2D eigenvalue weighted by Crippen LogP contribution is -2.05. The molecular formula is C13H12Br2O3S2. The first-order valence-corrected chi connectivity index (χ1v) is 9.65. The van der Waals surface area contributed by atoms with Crippen LogP contribution in [0.15, 0.2) is 30.7 Å². The maximum Gasteiger partial charge on any atom is 0.294 e. The molecule has 1 aromatic carbocycles. The van der Waals surface area contributed by atoms with E-state index in [0.717, 1.165) is 24.3 Å². The van der Waals surface area contributed by atoms with E-state index in [1.54, 1.807) is 6.07 Å². The summed E-state index contributed by atoms with van der Waals surface area (Å²) in [5.41, 5.74) is 3.40. The summed E-state index contributed by atoms with van der Waals surface area (Å²) in [6, 6.07) is 5.13. The number of benzene rings is 1. The first-order valence-electron chi connectivity index (χ1n) is 5.80. The van der Waals surface area contributed by atoms with Crippen molar-refractivity contribution >= 4 is 53.3 Å².